The first-order valence-corrected chi connectivity index (χ1v) is 7.05. The van der Waals surface area contributed by atoms with Gasteiger partial charge in [0.05, 0.1) is 0 Å². The molecule has 3 saturated heterocycles. The Balaban J connectivity index is 1.55. The van der Waals surface area contributed by atoms with Crippen molar-refractivity contribution in [3.8, 4) is 0 Å². The highest BCUT2D eigenvalue weighted by Crippen LogP contribution is 2.30. The van der Waals surface area contributed by atoms with Gasteiger partial charge in [0.15, 0.2) is 0 Å². The first-order valence-electron chi connectivity index (χ1n) is 7.05. The molecule has 3 heterocycles. The molecule has 2 atom stereocenters. The Morgan fingerprint density at radius 2 is 1.75 bits per heavy atom. The summed E-state index contributed by atoms with van der Waals surface area (Å²) in [6, 6.07) is 1.08. The average Bonchev–Trinajstić information content (AvgIpc) is 2.83. The van der Waals surface area contributed by atoms with Crippen LogP contribution in [0.5, 0.6) is 0 Å². The summed E-state index contributed by atoms with van der Waals surface area (Å²) in [4.78, 5) is 5.23. The van der Waals surface area contributed by atoms with Crippen LogP contribution in [-0.2, 0) is 0 Å². The Kier molecular flexibility index (Phi) is 3.18. The summed E-state index contributed by atoms with van der Waals surface area (Å²) in [5.74, 6) is 0.937. The molecule has 0 radical (unpaired) electrons. The summed E-state index contributed by atoms with van der Waals surface area (Å²) in [5, 5.41) is 0. The molecule has 3 heteroatoms. The van der Waals surface area contributed by atoms with Crippen LogP contribution >= 0.6 is 0 Å². The molecule has 0 aromatic rings. The molecule has 16 heavy (non-hydrogen) atoms. The summed E-state index contributed by atoms with van der Waals surface area (Å²) in [6.45, 7) is 6.28. The van der Waals surface area contributed by atoms with Crippen molar-refractivity contribution in [1.29, 1.82) is 0 Å². The minimum Gasteiger partial charge on any atom is -0.326 e. The van der Waals surface area contributed by atoms with Gasteiger partial charge in [-0.15, -0.1) is 0 Å². The van der Waals surface area contributed by atoms with E-state index >= 15 is 0 Å². The quantitative estimate of drug-likeness (QED) is 0.771. The lowest BCUT2D eigenvalue weighted by atomic mass is 9.91. The van der Waals surface area contributed by atoms with Crippen molar-refractivity contribution in [2.75, 3.05) is 32.7 Å². The van der Waals surface area contributed by atoms with Gasteiger partial charge in [0.1, 0.15) is 0 Å². The third-order valence-electron chi connectivity index (χ3n) is 4.90. The molecule has 2 bridgehead atoms. The molecule has 2 N–H and O–H groups in total. The van der Waals surface area contributed by atoms with E-state index in [1.807, 2.05) is 0 Å². The van der Waals surface area contributed by atoms with Gasteiger partial charge in [-0.3, -0.25) is 9.80 Å². The molecular formula is C13H25N3. The van der Waals surface area contributed by atoms with Gasteiger partial charge in [0.25, 0.3) is 0 Å². The molecule has 1 aliphatic carbocycles. The van der Waals surface area contributed by atoms with E-state index in [4.69, 9.17) is 5.73 Å². The van der Waals surface area contributed by atoms with Gasteiger partial charge >= 0.3 is 0 Å². The van der Waals surface area contributed by atoms with Gasteiger partial charge in [-0.05, 0) is 12.3 Å². The van der Waals surface area contributed by atoms with Gasteiger partial charge in [-0.1, -0.05) is 25.7 Å². The Hall–Kier alpha value is -0.120. The largest absolute Gasteiger partial charge is 0.326 e. The number of piperazine rings is 3. The van der Waals surface area contributed by atoms with Crippen molar-refractivity contribution < 1.29 is 0 Å². The van der Waals surface area contributed by atoms with E-state index in [2.05, 4.69) is 9.80 Å². The summed E-state index contributed by atoms with van der Waals surface area (Å²) < 4.78 is 0. The zero-order valence-corrected chi connectivity index (χ0v) is 10.3. The minimum atomic E-state index is 0.422. The van der Waals surface area contributed by atoms with Crippen LogP contribution < -0.4 is 5.73 Å². The predicted octanol–water partition coefficient (Wildman–Crippen LogP) is 0.894. The minimum absolute atomic E-state index is 0.422. The summed E-state index contributed by atoms with van der Waals surface area (Å²) in [7, 11) is 0. The van der Waals surface area contributed by atoms with E-state index in [-0.39, 0.29) is 0 Å². The fourth-order valence-corrected chi connectivity index (χ4v) is 3.85. The smallest absolute Gasteiger partial charge is 0.0375 e. The second-order valence-corrected chi connectivity index (χ2v) is 5.95. The molecule has 4 fully saturated rings. The Labute approximate surface area is 99.0 Å². The fourth-order valence-electron chi connectivity index (χ4n) is 3.85. The number of hydrogen-bond acceptors (Lipinski definition) is 3. The molecule has 0 spiro atoms. The van der Waals surface area contributed by atoms with Crippen molar-refractivity contribution in [3.63, 3.8) is 0 Å². The molecule has 2 unspecified atom stereocenters. The second-order valence-electron chi connectivity index (χ2n) is 5.95. The third kappa shape index (κ3) is 2.13. The van der Waals surface area contributed by atoms with E-state index < -0.39 is 0 Å². The highest BCUT2D eigenvalue weighted by Gasteiger charge is 2.36. The molecule has 1 saturated carbocycles. The van der Waals surface area contributed by atoms with Crippen LogP contribution in [0, 0.1) is 5.92 Å². The second kappa shape index (κ2) is 4.63. The van der Waals surface area contributed by atoms with E-state index in [1.54, 1.807) is 0 Å². The SMILES string of the molecule is NC(CC1CCCC1)C1CN2CCN1CC2. The fraction of sp³-hybridized carbons (Fsp3) is 1.00. The molecule has 4 aliphatic rings. The number of fused-ring (bicyclic) bond motifs is 3. The van der Waals surface area contributed by atoms with Crippen LogP contribution in [0.25, 0.3) is 0 Å². The molecule has 0 aromatic heterocycles. The summed E-state index contributed by atoms with van der Waals surface area (Å²) >= 11 is 0. The van der Waals surface area contributed by atoms with Crippen molar-refractivity contribution in [2.45, 2.75) is 44.2 Å². The maximum atomic E-state index is 6.45. The number of rotatable bonds is 3. The van der Waals surface area contributed by atoms with E-state index in [0.717, 1.165) is 5.92 Å². The Morgan fingerprint density at radius 1 is 1.06 bits per heavy atom. The molecule has 92 valence electrons. The van der Waals surface area contributed by atoms with Crippen LogP contribution in [0.15, 0.2) is 0 Å². The van der Waals surface area contributed by atoms with Crippen molar-refractivity contribution in [3.05, 3.63) is 0 Å². The van der Waals surface area contributed by atoms with Crippen LogP contribution in [0.2, 0.25) is 0 Å². The standard InChI is InChI=1S/C13H25N3/c14-12(9-11-3-1-2-4-11)13-10-15-5-7-16(13)8-6-15/h11-13H,1-10,14H2. The van der Waals surface area contributed by atoms with Crippen LogP contribution in [0.1, 0.15) is 32.1 Å². The number of hydrogen-bond donors (Lipinski definition) is 1. The predicted molar refractivity (Wildman–Crippen MR) is 66.4 cm³/mol. The van der Waals surface area contributed by atoms with Gasteiger partial charge in [-0.25, -0.2) is 0 Å². The molecule has 3 aliphatic heterocycles. The first-order chi connectivity index (χ1) is 7.83. The van der Waals surface area contributed by atoms with Gasteiger partial charge in [0.2, 0.25) is 0 Å². The molecule has 0 amide bonds. The van der Waals surface area contributed by atoms with Gasteiger partial charge in [0, 0.05) is 44.8 Å². The number of nitrogens with zero attached hydrogens (tertiary/aromatic N) is 2. The Bertz CT molecular complexity index is 229. The summed E-state index contributed by atoms with van der Waals surface area (Å²) in [6.07, 6.45) is 7.03. The highest BCUT2D eigenvalue weighted by atomic mass is 15.3. The van der Waals surface area contributed by atoms with Crippen LogP contribution in [0.4, 0.5) is 0 Å². The normalized spacial score (nSPS) is 41.4. The maximum Gasteiger partial charge on any atom is 0.0375 e. The van der Waals surface area contributed by atoms with Gasteiger partial charge in [-0.2, -0.15) is 0 Å². The molecule has 4 rings (SSSR count). The topological polar surface area (TPSA) is 32.5 Å². The first kappa shape index (κ1) is 11.0. The lowest BCUT2D eigenvalue weighted by Crippen LogP contribution is -2.65. The van der Waals surface area contributed by atoms with E-state index in [0.29, 0.717) is 12.1 Å². The third-order valence-corrected chi connectivity index (χ3v) is 4.90. The molecular weight excluding hydrogens is 198 g/mol. The highest BCUT2D eigenvalue weighted by molar-refractivity contribution is 4.94. The zero-order chi connectivity index (χ0) is 11.0. The molecule has 3 nitrogen and oxygen atoms in total. The number of nitrogens with two attached hydrogens (primary N) is 1. The monoisotopic (exact) mass is 223 g/mol. The van der Waals surface area contributed by atoms with Crippen molar-refractivity contribution in [2.24, 2.45) is 11.7 Å². The van der Waals surface area contributed by atoms with Crippen LogP contribution in [-0.4, -0.2) is 54.6 Å². The average molecular weight is 223 g/mol. The van der Waals surface area contributed by atoms with Crippen molar-refractivity contribution >= 4 is 0 Å². The lowest BCUT2D eigenvalue weighted by Gasteiger charge is -2.49. The van der Waals surface area contributed by atoms with E-state index in [1.165, 1.54) is 64.8 Å². The summed E-state index contributed by atoms with van der Waals surface area (Å²) in [5.41, 5.74) is 6.45. The maximum absolute atomic E-state index is 6.45. The lowest BCUT2D eigenvalue weighted by molar-refractivity contribution is -0.000608. The van der Waals surface area contributed by atoms with Gasteiger partial charge < -0.3 is 5.73 Å². The van der Waals surface area contributed by atoms with E-state index in [9.17, 15) is 0 Å². The Morgan fingerprint density at radius 3 is 2.31 bits per heavy atom. The van der Waals surface area contributed by atoms with Crippen molar-refractivity contribution in [1.82, 2.24) is 9.80 Å². The molecule has 0 aromatic carbocycles. The van der Waals surface area contributed by atoms with Crippen LogP contribution in [0.3, 0.4) is 0 Å². The zero-order valence-electron chi connectivity index (χ0n) is 10.3.